The molecule has 0 saturated carbocycles. The van der Waals surface area contributed by atoms with Gasteiger partial charge in [-0.25, -0.2) is 8.78 Å². The molecule has 1 atom stereocenters. The smallest absolute Gasteiger partial charge is 0.240 e. The second kappa shape index (κ2) is 7.47. The third kappa shape index (κ3) is 4.44. The van der Waals surface area contributed by atoms with E-state index in [2.05, 4.69) is 15.6 Å². The summed E-state index contributed by atoms with van der Waals surface area (Å²) in [5.41, 5.74) is -0.137. The van der Waals surface area contributed by atoms with E-state index in [4.69, 9.17) is 4.42 Å². The second-order valence-corrected chi connectivity index (χ2v) is 6.36. The van der Waals surface area contributed by atoms with Gasteiger partial charge in [0.1, 0.15) is 22.6 Å². The molecule has 130 valence electrons. The largest absolute Gasteiger partial charge is 0.467 e. The molecule has 0 aliphatic carbocycles. The van der Waals surface area contributed by atoms with E-state index in [1.54, 1.807) is 12.1 Å². The molecule has 3 rings (SSSR count). The van der Waals surface area contributed by atoms with Crippen LogP contribution >= 0.6 is 11.8 Å². The number of carbonyl (C=O) groups excluding carboxylic acids is 2. The number of hydrogen-bond donors (Lipinski definition) is 2. The zero-order chi connectivity index (χ0) is 17.8. The van der Waals surface area contributed by atoms with Crippen molar-refractivity contribution in [2.24, 2.45) is 4.99 Å². The van der Waals surface area contributed by atoms with E-state index >= 15 is 0 Å². The zero-order valence-electron chi connectivity index (χ0n) is 12.8. The quantitative estimate of drug-likeness (QED) is 0.853. The first kappa shape index (κ1) is 17.2. The highest BCUT2D eigenvalue weighted by Crippen LogP contribution is 2.24. The third-order valence-corrected chi connectivity index (χ3v) is 4.43. The zero-order valence-corrected chi connectivity index (χ0v) is 13.6. The number of thioether (sulfide) groups is 1. The molecule has 1 saturated heterocycles. The van der Waals surface area contributed by atoms with Crippen molar-refractivity contribution in [3.05, 3.63) is 54.0 Å². The van der Waals surface area contributed by atoms with Crippen LogP contribution in [0.2, 0.25) is 0 Å². The summed E-state index contributed by atoms with van der Waals surface area (Å²) in [6.07, 6.45) is 1.37. The van der Waals surface area contributed by atoms with Gasteiger partial charge in [-0.15, -0.1) is 0 Å². The minimum Gasteiger partial charge on any atom is -0.467 e. The van der Waals surface area contributed by atoms with Crippen LogP contribution in [-0.4, -0.2) is 22.2 Å². The first-order valence-electron chi connectivity index (χ1n) is 7.30. The molecule has 2 N–H and O–H groups in total. The summed E-state index contributed by atoms with van der Waals surface area (Å²) >= 11 is 1.12. The fourth-order valence-corrected chi connectivity index (χ4v) is 3.10. The molecule has 9 heteroatoms. The molecule has 0 spiro atoms. The molecule has 1 aliphatic rings. The molecule has 0 radical (unpaired) electrons. The van der Waals surface area contributed by atoms with Gasteiger partial charge in [-0.3, -0.25) is 14.6 Å². The Morgan fingerprint density at radius 1 is 1.36 bits per heavy atom. The van der Waals surface area contributed by atoms with Crippen LogP contribution in [0.15, 0.2) is 46.0 Å². The van der Waals surface area contributed by atoms with Gasteiger partial charge in [0.05, 0.1) is 18.5 Å². The number of furan rings is 1. The summed E-state index contributed by atoms with van der Waals surface area (Å²) in [4.78, 5) is 28.1. The number of carbonyl (C=O) groups is 2. The van der Waals surface area contributed by atoms with Crippen LogP contribution in [0.3, 0.4) is 0 Å². The summed E-state index contributed by atoms with van der Waals surface area (Å²) in [6.45, 7) is 0.273. The lowest BCUT2D eigenvalue weighted by Crippen LogP contribution is -2.28. The van der Waals surface area contributed by atoms with Crippen LogP contribution < -0.4 is 10.6 Å². The van der Waals surface area contributed by atoms with Crippen molar-refractivity contribution in [2.75, 3.05) is 5.32 Å². The van der Waals surface area contributed by atoms with E-state index in [-0.39, 0.29) is 24.6 Å². The number of rotatable bonds is 5. The molecule has 1 fully saturated rings. The maximum absolute atomic E-state index is 13.5. The van der Waals surface area contributed by atoms with Crippen molar-refractivity contribution >= 4 is 34.4 Å². The lowest BCUT2D eigenvalue weighted by Gasteiger charge is -2.08. The van der Waals surface area contributed by atoms with Crippen LogP contribution in [-0.2, 0) is 16.1 Å². The molecular formula is C16H13F2N3O3S. The summed E-state index contributed by atoms with van der Waals surface area (Å²) in [5.74, 6) is -1.87. The Hall–Kier alpha value is -2.68. The Morgan fingerprint density at radius 3 is 2.92 bits per heavy atom. The minimum absolute atomic E-state index is 0.137. The third-order valence-electron chi connectivity index (χ3n) is 3.31. The number of hydrogen-bond acceptors (Lipinski definition) is 5. The lowest BCUT2D eigenvalue weighted by atomic mass is 10.2. The number of amidine groups is 1. The summed E-state index contributed by atoms with van der Waals surface area (Å²) in [5, 5.41) is 4.64. The highest BCUT2D eigenvalue weighted by Gasteiger charge is 2.32. The molecule has 0 bridgehead atoms. The van der Waals surface area contributed by atoms with Gasteiger partial charge >= 0.3 is 0 Å². The summed E-state index contributed by atoms with van der Waals surface area (Å²) < 4.78 is 31.5. The lowest BCUT2D eigenvalue weighted by molar-refractivity contribution is -0.122. The highest BCUT2D eigenvalue weighted by atomic mass is 32.2. The van der Waals surface area contributed by atoms with Crippen LogP contribution in [0.1, 0.15) is 12.2 Å². The molecule has 1 aliphatic heterocycles. The van der Waals surface area contributed by atoms with Gasteiger partial charge in [-0.2, -0.15) is 0 Å². The predicted molar refractivity (Wildman–Crippen MR) is 89.0 cm³/mol. The van der Waals surface area contributed by atoms with Gasteiger partial charge in [-0.05, 0) is 24.3 Å². The molecule has 2 aromatic rings. The van der Waals surface area contributed by atoms with E-state index in [0.717, 1.165) is 23.9 Å². The van der Waals surface area contributed by atoms with Gasteiger partial charge in [0, 0.05) is 12.5 Å². The van der Waals surface area contributed by atoms with E-state index in [1.807, 2.05) is 0 Å². The monoisotopic (exact) mass is 365 g/mol. The number of aliphatic imine (C=N–C) groups is 1. The highest BCUT2D eigenvalue weighted by molar-refractivity contribution is 8.15. The van der Waals surface area contributed by atoms with Crippen molar-refractivity contribution in [3.8, 4) is 0 Å². The topological polar surface area (TPSA) is 83.7 Å². The van der Waals surface area contributed by atoms with Crippen molar-refractivity contribution in [1.29, 1.82) is 0 Å². The molecule has 2 heterocycles. The number of anilines is 1. The second-order valence-electron chi connectivity index (χ2n) is 5.17. The van der Waals surface area contributed by atoms with Gasteiger partial charge < -0.3 is 15.1 Å². The maximum Gasteiger partial charge on any atom is 0.240 e. The van der Waals surface area contributed by atoms with Crippen LogP contribution in [0.5, 0.6) is 0 Å². The first-order chi connectivity index (χ1) is 12.0. The Bertz CT molecular complexity index is 824. The van der Waals surface area contributed by atoms with E-state index in [1.165, 1.54) is 6.26 Å². The van der Waals surface area contributed by atoms with Gasteiger partial charge in [-0.1, -0.05) is 11.8 Å². The molecule has 1 aromatic carbocycles. The Morgan fingerprint density at radius 2 is 2.20 bits per heavy atom. The van der Waals surface area contributed by atoms with Crippen LogP contribution in [0.25, 0.3) is 0 Å². The van der Waals surface area contributed by atoms with Crippen molar-refractivity contribution in [3.63, 3.8) is 0 Å². The van der Waals surface area contributed by atoms with Gasteiger partial charge in [0.2, 0.25) is 11.8 Å². The van der Waals surface area contributed by atoms with E-state index in [0.29, 0.717) is 17.0 Å². The normalized spacial score (nSPS) is 18.4. The minimum atomic E-state index is -0.877. The number of benzene rings is 1. The SMILES string of the molecule is O=C(CC1SC(=NCc2ccco2)NC1=O)Nc1ccc(F)cc1F. The van der Waals surface area contributed by atoms with E-state index in [9.17, 15) is 18.4 Å². The number of nitrogens with zero attached hydrogens (tertiary/aromatic N) is 1. The van der Waals surface area contributed by atoms with Crippen LogP contribution in [0.4, 0.5) is 14.5 Å². The Labute approximate surface area is 145 Å². The molecule has 25 heavy (non-hydrogen) atoms. The molecule has 1 unspecified atom stereocenters. The molecule has 1 aromatic heterocycles. The predicted octanol–water partition coefficient (Wildman–Crippen LogP) is 2.67. The summed E-state index contributed by atoms with van der Waals surface area (Å²) in [7, 11) is 0. The maximum atomic E-state index is 13.5. The van der Waals surface area contributed by atoms with E-state index < -0.39 is 22.8 Å². The number of halogens is 2. The molecular weight excluding hydrogens is 352 g/mol. The van der Waals surface area contributed by atoms with Gasteiger partial charge in [0.25, 0.3) is 0 Å². The fourth-order valence-electron chi connectivity index (χ4n) is 2.13. The average Bonchev–Trinajstić information content (AvgIpc) is 3.18. The average molecular weight is 365 g/mol. The summed E-state index contributed by atoms with van der Waals surface area (Å²) in [6, 6.07) is 6.33. The van der Waals surface area contributed by atoms with Crippen molar-refractivity contribution in [2.45, 2.75) is 18.2 Å². The molecule has 6 nitrogen and oxygen atoms in total. The number of nitrogens with one attached hydrogen (secondary N) is 2. The Kier molecular flexibility index (Phi) is 5.13. The van der Waals surface area contributed by atoms with Crippen molar-refractivity contribution < 1.29 is 22.8 Å². The standard InChI is InChI=1S/C16H13F2N3O3S/c17-9-3-4-12(11(18)6-9)20-14(22)7-13-15(23)21-16(25-13)19-8-10-2-1-5-24-10/h1-6,13H,7-8H2,(H,20,22)(H,19,21,23). The van der Waals surface area contributed by atoms with Gasteiger partial charge in [0.15, 0.2) is 5.17 Å². The number of amides is 2. The van der Waals surface area contributed by atoms with Crippen molar-refractivity contribution in [1.82, 2.24) is 5.32 Å². The first-order valence-corrected chi connectivity index (χ1v) is 8.18. The molecule has 2 amide bonds. The Balaban J connectivity index is 1.56. The fraction of sp³-hybridized carbons (Fsp3) is 0.188. The van der Waals surface area contributed by atoms with Crippen LogP contribution in [0, 0.1) is 11.6 Å².